The highest BCUT2D eigenvalue weighted by Gasteiger charge is 2.32. The lowest BCUT2D eigenvalue weighted by Crippen LogP contribution is -2.29. The van der Waals surface area contributed by atoms with Crippen molar-refractivity contribution in [3.63, 3.8) is 0 Å². The Kier molecular flexibility index (Phi) is 4.80. The Labute approximate surface area is 181 Å². The molecule has 1 saturated carbocycles. The molecule has 0 spiro atoms. The van der Waals surface area contributed by atoms with Crippen molar-refractivity contribution in [3.05, 3.63) is 52.4 Å². The van der Waals surface area contributed by atoms with Crippen LogP contribution >= 0.6 is 0 Å². The lowest BCUT2D eigenvalue weighted by molar-refractivity contribution is 0.532. The van der Waals surface area contributed by atoms with E-state index in [4.69, 9.17) is 10.2 Å². The minimum absolute atomic E-state index is 0.00150. The minimum Gasteiger partial charge on any atom is -0.421 e. The van der Waals surface area contributed by atoms with Gasteiger partial charge in [0.25, 0.3) is 11.4 Å². The number of hydrogen-bond donors (Lipinski definition) is 2. The van der Waals surface area contributed by atoms with Crippen LogP contribution in [0.1, 0.15) is 50.0 Å². The fourth-order valence-corrected chi connectivity index (χ4v) is 3.78. The Hall–Kier alpha value is -3.89. The molecule has 0 unspecified atom stereocenters. The van der Waals surface area contributed by atoms with E-state index < -0.39 is 11.9 Å². The first kappa shape index (κ1) is 20.0. The third-order valence-electron chi connectivity index (χ3n) is 5.47. The van der Waals surface area contributed by atoms with Crippen molar-refractivity contribution in [1.82, 2.24) is 29.7 Å². The van der Waals surface area contributed by atoms with Crippen molar-refractivity contribution in [2.24, 2.45) is 0 Å². The molecule has 0 aliphatic heterocycles. The van der Waals surface area contributed by atoms with Gasteiger partial charge in [0.05, 0.1) is 11.6 Å². The summed E-state index contributed by atoms with van der Waals surface area (Å²) in [6, 6.07) is 4.06. The third-order valence-corrected chi connectivity index (χ3v) is 5.47. The number of nitrogens with zero attached hydrogens (tertiary/aromatic N) is 6. The van der Waals surface area contributed by atoms with Gasteiger partial charge in [-0.25, -0.2) is 19.3 Å². The van der Waals surface area contributed by atoms with Crippen LogP contribution in [0.4, 0.5) is 16.0 Å². The molecule has 0 amide bonds. The number of anilines is 2. The monoisotopic (exact) mass is 436 g/mol. The maximum absolute atomic E-state index is 14.4. The number of aryl methyl sites for hydroxylation is 1. The topological polar surface area (TPSA) is 138 Å². The number of nitrogen functional groups attached to an aromatic ring is 1. The maximum Gasteiger partial charge on any atom is 0.264 e. The van der Waals surface area contributed by atoms with Crippen molar-refractivity contribution >= 4 is 22.5 Å². The molecule has 0 bridgehead atoms. The highest BCUT2D eigenvalue weighted by atomic mass is 19.1. The molecule has 1 aliphatic rings. The number of benzene rings is 1. The Morgan fingerprint density at radius 2 is 2.12 bits per heavy atom. The molecule has 0 radical (unpaired) electrons. The predicted molar refractivity (Wildman–Crippen MR) is 115 cm³/mol. The van der Waals surface area contributed by atoms with E-state index in [2.05, 4.69) is 30.5 Å². The summed E-state index contributed by atoms with van der Waals surface area (Å²) in [4.78, 5) is 26.3. The van der Waals surface area contributed by atoms with Gasteiger partial charge >= 0.3 is 0 Å². The summed E-state index contributed by atoms with van der Waals surface area (Å²) >= 11 is 0. The van der Waals surface area contributed by atoms with Gasteiger partial charge in [-0.3, -0.25) is 9.36 Å². The Bertz CT molecular complexity index is 1380. The van der Waals surface area contributed by atoms with Crippen molar-refractivity contribution in [2.45, 2.75) is 45.2 Å². The highest BCUT2D eigenvalue weighted by molar-refractivity contribution is 5.79. The van der Waals surface area contributed by atoms with E-state index in [1.807, 2.05) is 6.92 Å². The van der Waals surface area contributed by atoms with Crippen LogP contribution < -0.4 is 16.6 Å². The number of aromatic nitrogens is 6. The van der Waals surface area contributed by atoms with E-state index in [1.165, 1.54) is 12.4 Å². The average molecular weight is 436 g/mol. The summed E-state index contributed by atoms with van der Waals surface area (Å²) < 4.78 is 21.6. The molecule has 1 aromatic carbocycles. The van der Waals surface area contributed by atoms with Gasteiger partial charge in [0.2, 0.25) is 5.89 Å². The molecular formula is C21H21FN8O2. The molecule has 164 valence electrons. The first-order chi connectivity index (χ1) is 15.5. The Morgan fingerprint density at radius 1 is 1.31 bits per heavy atom. The van der Waals surface area contributed by atoms with Crippen molar-refractivity contribution in [2.75, 3.05) is 11.1 Å². The summed E-state index contributed by atoms with van der Waals surface area (Å²) in [7, 11) is 0. The summed E-state index contributed by atoms with van der Waals surface area (Å²) in [6.45, 7) is 3.63. The molecule has 11 heteroatoms. The smallest absolute Gasteiger partial charge is 0.264 e. The van der Waals surface area contributed by atoms with E-state index in [9.17, 15) is 9.18 Å². The SMILES string of the molecule is CC[C@H](Nc1ncnc(N)c1-c1nnc(C)o1)c1nc2cccc(F)c2c(=O)n1C1CC1. The highest BCUT2D eigenvalue weighted by Crippen LogP contribution is 2.38. The summed E-state index contributed by atoms with van der Waals surface area (Å²) in [5.41, 5.74) is 6.41. The molecule has 32 heavy (non-hydrogen) atoms. The lowest BCUT2D eigenvalue weighted by atomic mass is 10.1. The van der Waals surface area contributed by atoms with E-state index in [0.29, 0.717) is 35.0 Å². The molecule has 1 aliphatic carbocycles. The van der Waals surface area contributed by atoms with Gasteiger partial charge in [-0.05, 0) is 31.4 Å². The quantitative estimate of drug-likeness (QED) is 0.467. The zero-order valence-electron chi connectivity index (χ0n) is 17.5. The van der Waals surface area contributed by atoms with Gasteiger partial charge in [0.15, 0.2) is 0 Å². The van der Waals surface area contributed by atoms with E-state index in [0.717, 1.165) is 12.8 Å². The standard InChI is InChI=1S/C21H21FN8O2/c1-3-13(26-18-16(17(23)24-9-25-18)20-29-28-10(2)32-20)19-27-14-6-4-5-12(22)15(14)21(31)30(19)11-7-8-11/h4-6,9,11,13H,3,7-8H2,1-2H3,(H3,23,24,25,26)/t13-/m0/s1. The van der Waals surface area contributed by atoms with Crippen LogP contribution in [-0.2, 0) is 0 Å². The van der Waals surface area contributed by atoms with Crippen molar-refractivity contribution in [3.8, 4) is 11.5 Å². The van der Waals surface area contributed by atoms with Crippen LogP contribution in [0.25, 0.3) is 22.4 Å². The predicted octanol–water partition coefficient (Wildman–Crippen LogP) is 3.16. The number of hydrogen-bond acceptors (Lipinski definition) is 9. The number of fused-ring (bicyclic) bond motifs is 1. The van der Waals surface area contributed by atoms with Gasteiger partial charge in [-0.2, -0.15) is 0 Å². The molecule has 1 fully saturated rings. The van der Waals surface area contributed by atoms with Gasteiger partial charge in [-0.1, -0.05) is 13.0 Å². The zero-order chi connectivity index (χ0) is 22.4. The van der Waals surface area contributed by atoms with Crippen LogP contribution in [0.5, 0.6) is 0 Å². The fraction of sp³-hybridized carbons (Fsp3) is 0.333. The van der Waals surface area contributed by atoms with Crippen molar-refractivity contribution < 1.29 is 8.81 Å². The molecule has 3 N–H and O–H groups in total. The second-order valence-electron chi connectivity index (χ2n) is 7.72. The van der Waals surface area contributed by atoms with Crippen LogP contribution in [0, 0.1) is 12.7 Å². The molecular weight excluding hydrogens is 415 g/mol. The van der Waals surface area contributed by atoms with Crippen LogP contribution in [-0.4, -0.2) is 29.7 Å². The molecule has 5 rings (SSSR count). The summed E-state index contributed by atoms with van der Waals surface area (Å²) in [6.07, 6.45) is 3.59. The second kappa shape index (κ2) is 7.66. The van der Waals surface area contributed by atoms with E-state index in [-0.39, 0.29) is 28.7 Å². The fourth-order valence-electron chi connectivity index (χ4n) is 3.78. The van der Waals surface area contributed by atoms with Crippen LogP contribution in [0.2, 0.25) is 0 Å². The van der Waals surface area contributed by atoms with Gasteiger partial charge in [0.1, 0.15) is 40.6 Å². The van der Waals surface area contributed by atoms with Crippen LogP contribution in [0.3, 0.4) is 0 Å². The summed E-state index contributed by atoms with van der Waals surface area (Å²) in [5.74, 6) is 1.06. The lowest BCUT2D eigenvalue weighted by Gasteiger charge is -2.23. The number of rotatable bonds is 6. The first-order valence-electron chi connectivity index (χ1n) is 10.4. The van der Waals surface area contributed by atoms with Gasteiger partial charge < -0.3 is 15.5 Å². The maximum atomic E-state index is 14.4. The third kappa shape index (κ3) is 3.35. The largest absolute Gasteiger partial charge is 0.421 e. The summed E-state index contributed by atoms with van der Waals surface area (Å²) in [5, 5.41) is 11.2. The minimum atomic E-state index is -0.570. The Morgan fingerprint density at radius 3 is 2.81 bits per heavy atom. The number of halogens is 1. The molecule has 3 heterocycles. The second-order valence-corrected chi connectivity index (χ2v) is 7.72. The zero-order valence-corrected chi connectivity index (χ0v) is 17.5. The van der Waals surface area contributed by atoms with E-state index in [1.54, 1.807) is 23.6 Å². The van der Waals surface area contributed by atoms with E-state index >= 15 is 0 Å². The van der Waals surface area contributed by atoms with Crippen LogP contribution in [0.15, 0.2) is 33.7 Å². The van der Waals surface area contributed by atoms with Crippen molar-refractivity contribution in [1.29, 1.82) is 0 Å². The number of nitrogens with two attached hydrogens (primary N) is 1. The molecule has 4 aromatic rings. The Balaban J connectivity index is 1.64. The van der Waals surface area contributed by atoms with Gasteiger partial charge in [0, 0.05) is 13.0 Å². The average Bonchev–Trinajstić information content (AvgIpc) is 3.51. The van der Waals surface area contributed by atoms with Gasteiger partial charge in [-0.15, -0.1) is 10.2 Å². The normalized spacial score (nSPS) is 14.6. The first-order valence-corrected chi connectivity index (χ1v) is 10.4. The molecule has 0 saturated heterocycles. The molecule has 10 nitrogen and oxygen atoms in total. The number of nitrogens with one attached hydrogen (secondary N) is 1. The molecule has 1 atom stereocenters. The molecule has 3 aromatic heterocycles.